The van der Waals surface area contributed by atoms with Gasteiger partial charge in [0.1, 0.15) is 0 Å². The second-order valence-electron chi connectivity index (χ2n) is 7.76. The number of aryl methyl sites for hydroxylation is 1. The molecular formula is C22H26N6. The van der Waals surface area contributed by atoms with E-state index in [9.17, 15) is 0 Å². The van der Waals surface area contributed by atoms with Crippen LogP contribution >= 0.6 is 0 Å². The van der Waals surface area contributed by atoms with Gasteiger partial charge in [-0.05, 0) is 24.6 Å². The molecule has 0 unspecified atom stereocenters. The van der Waals surface area contributed by atoms with Gasteiger partial charge in [0.2, 0.25) is 5.95 Å². The topological polar surface area (TPSA) is 103 Å². The summed E-state index contributed by atoms with van der Waals surface area (Å²) >= 11 is 0. The fourth-order valence-corrected chi connectivity index (χ4v) is 2.94. The molecule has 0 amide bonds. The Labute approximate surface area is 165 Å². The lowest BCUT2D eigenvalue weighted by Crippen LogP contribution is -2.14. The van der Waals surface area contributed by atoms with E-state index in [1.54, 1.807) is 6.21 Å². The molecule has 3 aromatic rings. The standard InChI is InChI=1S/C22H26N6/c1-14-7-5-9-17-19(14)27-21(24)28-20(17)15(11-23)12-25-13-16-8-6-10-18(26-16)22(2,3)4/h5-12H,13,23H2,1-4H3,(H2,24,27,28). The molecule has 0 aliphatic rings. The maximum Gasteiger partial charge on any atom is 0.221 e. The molecule has 6 heteroatoms. The van der Waals surface area contributed by atoms with Gasteiger partial charge >= 0.3 is 0 Å². The van der Waals surface area contributed by atoms with Gasteiger partial charge < -0.3 is 11.5 Å². The summed E-state index contributed by atoms with van der Waals surface area (Å²) in [7, 11) is 0. The number of hydrogen-bond donors (Lipinski definition) is 2. The van der Waals surface area contributed by atoms with Gasteiger partial charge in [-0.1, -0.05) is 45.0 Å². The third-order valence-corrected chi connectivity index (χ3v) is 4.46. The smallest absolute Gasteiger partial charge is 0.221 e. The average Bonchev–Trinajstić information content (AvgIpc) is 2.65. The van der Waals surface area contributed by atoms with E-state index in [0.29, 0.717) is 17.8 Å². The lowest BCUT2D eigenvalue weighted by atomic mass is 9.91. The number of anilines is 1. The van der Waals surface area contributed by atoms with Crippen LogP contribution in [0.4, 0.5) is 5.95 Å². The van der Waals surface area contributed by atoms with E-state index in [0.717, 1.165) is 27.9 Å². The first-order valence-electron chi connectivity index (χ1n) is 9.21. The molecule has 2 aromatic heterocycles. The number of aliphatic imine (C=N–C) groups is 1. The van der Waals surface area contributed by atoms with E-state index >= 15 is 0 Å². The zero-order chi connectivity index (χ0) is 20.3. The van der Waals surface area contributed by atoms with Crippen molar-refractivity contribution < 1.29 is 0 Å². The number of para-hydroxylation sites is 1. The quantitative estimate of drug-likeness (QED) is 0.676. The van der Waals surface area contributed by atoms with E-state index < -0.39 is 0 Å². The summed E-state index contributed by atoms with van der Waals surface area (Å²) < 4.78 is 0. The van der Waals surface area contributed by atoms with E-state index in [-0.39, 0.29) is 11.4 Å². The maximum absolute atomic E-state index is 5.92. The highest BCUT2D eigenvalue weighted by molar-refractivity contribution is 6.13. The molecule has 1 aromatic carbocycles. The van der Waals surface area contributed by atoms with Gasteiger partial charge in [0.15, 0.2) is 0 Å². The molecule has 4 N–H and O–H groups in total. The maximum atomic E-state index is 5.92. The zero-order valence-corrected chi connectivity index (χ0v) is 16.8. The summed E-state index contributed by atoms with van der Waals surface area (Å²) in [6.45, 7) is 8.88. The van der Waals surface area contributed by atoms with E-state index in [1.165, 1.54) is 6.20 Å². The first-order chi connectivity index (χ1) is 13.3. The summed E-state index contributed by atoms with van der Waals surface area (Å²) in [5.74, 6) is 0.212. The minimum absolute atomic E-state index is 0.00267. The van der Waals surface area contributed by atoms with Crippen LogP contribution < -0.4 is 11.5 Å². The largest absolute Gasteiger partial charge is 0.404 e. The van der Waals surface area contributed by atoms with Crippen LogP contribution in [0.25, 0.3) is 16.5 Å². The van der Waals surface area contributed by atoms with Gasteiger partial charge in [-0.3, -0.25) is 9.98 Å². The van der Waals surface area contributed by atoms with Gasteiger partial charge in [0, 0.05) is 34.5 Å². The SMILES string of the molecule is Cc1cccc2c(C(C=NCc3cccc(C(C)(C)C)n3)=CN)nc(N)nc12. The summed E-state index contributed by atoms with van der Waals surface area (Å²) in [5, 5.41) is 0.894. The third-order valence-electron chi connectivity index (χ3n) is 4.46. The van der Waals surface area contributed by atoms with Crippen LogP contribution in [0.5, 0.6) is 0 Å². The minimum Gasteiger partial charge on any atom is -0.404 e. The first kappa shape index (κ1) is 19.5. The van der Waals surface area contributed by atoms with Gasteiger partial charge in [-0.25, -0.2) is 9.97 Å². The number of benzene rings is 1. The highest BCUT2D eigenvalue weighted by Gasteiger charge is 2.15. The van der Waals surface area contributed by atoms with Crippen molar-refractivity contribution in [3.8, 4) is 0 Å². The Hall–Kier alpha value is -3.28. The molecule has 0 saturated heterocycles. The Morgan fingerprint density at radius 2 is 1.82 bits per heavy atom. The minimum atomic E-state index is -0.00267. The van der Waals surface area contributed by atoms with Crippen LogP contribution in [0.15, 0.2) is 47.6 Å². The van der Waals surface area contributed by atoms with Crippen LogP contribution in [-0.4, -0.2) is 21.2 Å². The van der Waals surface area contributed by atoms with Crippen molar-refractivity contribution in [3.05, 3.63) is 65.2 Å². The normalized spacial score (nSPS) is 12.8. The van der Waals surface area contributed by atoms with Gasteiger partial charge in [0.25, 0.3) is 0 Å². The number of nitrogen functional groups attached to an aromatic ring is 1. The van der Waals surface area contributed by atoms with Crippen LogP contribution in [-0.2, 0) is 12.0 Å². The Kier molecular flexibility index (Phi) is 5.40. The van der Waals surface area contributed by atoms with Crippen LogP contribution in [0.2, 0.25) is 0 Å². The van der Waals surface area contributed by atoms with E-state index in [1.807, 2.05) is 43.3 Å². The van der Waals surface area contributed by atoms with Crippen molar-refractivity contribution in [2.24, 2.45) is 10.7 Å². The van der Waals surface area contributed by atoms with Gasteiger partial charge in [-0.15, -0.1) is 0 Å². The molecule has 28 heavy (non-hydrogen) atoms. The number of pyridine rings is 1. The highest BCUT2D eigenvalue weighted by atomic mass is 15.0. The number of nitrogens with two attached hydrogens (primary N) is 2. The van der Waals surface area contributed by atoms with Crippen molar-refractivity contribution in [2.45, 2.75) is 39.7 Å². The molecule has 0 spiro atoms. The third kappa shape index (κ3) is 4.17. The number of nitrogens with zero attached hydrogens (tertiary/aromatic N) is 4. The summed E-state index contributed by atoms with van der Waals surface area (Å²) in [5.41, 5.74) is 17.0. The number of allylic oxidation sites excluding steroid dienone is 1. The fourth-order valence-electron chi connectivity index (χ4n) is 2.94. The second kappa shape index (κ2) is 7.76. The monoisotopic (exact) mass is 374 g/mol. The predicted octanol–water partition coefficient (Wildman–Crippen LogP) is 3.78. The fraction of sp³-hybridized carbons (Fsp3) is 0.273. The van der Waals surface area contributed by atoms with Crippen LogP contribution in [0.3, 0.4) is 0 Å². The van der Waals surface area contributed by atoms with E-state index in [4.69, 9.17) is 16.5 Å². The zero-order valence-electron chi connectivity index (χ0n) is 16.8. The molecule has 0 aliphatic carbocycles. The number of rotatable bonds is 4. The molecular weight excluding hydrogens is 348 g/mol. The molecule has 2 heterocycles. The van der Waals surface area contributed by atoms with Crippen molar-refractivity contribution >= 4 is 28.6 Å². The van der Waals surface area contributed by atoms with Crippen molar-refractivity contribution in [1.82, 2.24) is 15.0 Å². The molecule has 6 nitrogen and oxygen atoms in total. The Morgan fingerprint density at radius 1 is 1.07 bits per heavy atom. The summed E-state index contributed by atoms with van der Waals surface area (Å²) in [6.07, 6.45) is 3.21. The molecule has 0 aliphatic heterocycles. The molecule has 0 fully saturated rings. The van der Waals surface area contributed by atoms with Crippen LogP contribution in [0, 0.1) is 6.92 Å². The molecule has 0 saturated carbocycles. The Morgan fingerprint density at radius 3 is 2.54 bits per heavy atom. The highest BCUT2D eigenvalue weighted by Crippen LogP contribution is 2.24. The van der Waals surface area contributed by atoms with Crippen molar-refractivity contribution in [3.63, 3.8) is 0 Å². The van der Waals surface area contributed by atoms with Gasteiger partial charge in [0.05, 0.1) is 23.4 Å². The first-order valence-corrected chi connectivity index (χ1v) is 9.21. The van der Waals surface area contributed by atoms with E-state index in [2.05, 4.69) is 35.7 Å². The lowest BCUT2D eigenvalue weighted by molar-refractivity contribution is 0.565. The Balaban J connectivity index is 1.90. The molecule has 0 radical (unpaired) electrons. The number of aromatic nitrogens is 3. The Bertz CT molecular complexity index is 1060. The summed E-state index contributed by atoms with van der Waals surface area (Å²) in [6, 6.07) is 11.9. The molecule has 3 rings (SSSR count). The predicted molar refractivity (Wildman–Crippen MR) is 116 cm³/mol. The summed E-state index contributed by atoms with van der Waals surface area (Å²) in [4.78, 5) is 18.0. The molecule has 0 bridgehead atoms. The average molecular weight is 374 g/mol. The van der Waals surface area contributed by atoms with Crippen molar-refractivity contribution in [1.29, 1.82) is 0 Å². The molecule has 144 valence electrons. The van der Waals surface area contributed by atoms with Gasteiger partial charge in [-0.2, -0.15) is 0 Å². The van der Waals surface area contributed by atoms with Crippen molar-refractivity contribution in [2.75, 3.05) is 5.73 Å². The van der Waals surface area contributed by atoms with Crippen LogP contribution in [0.1, 0.15) is 43.4 Å². The second-order valence-corrected chi connectivity index (χ2v) is 7.76. The molecule has 0 atom stereocenters. The number of hydrogen-bond acceptors (Lipinski definition) is 6. The number of fused-ring (bicyclic) bond motifs is 1. The lowest BCUT2D eigenvalue weighted by Gasteiger charge is -2.17.